The van der Waals surface area contributed by atoms with Crippen molar-refractivity contribution >= 4 is 29.1 Å². The van der Waals surface area contributed by atoms with Crippen LogP contribution in [-0.4, -0.2) is 30.3 Å². The highest BCUT2D eigenvalue weighted by molar-refractivity contribution is 6.01. The Morgan fingerprint density at radius 3 is 2.35 bits per heavy atom. The maximum absolute atomic E-state index is 12.3. The lowest BCUT2D eigenvalue weighted by molar-refractivity contribution is -0.118. The Labute approximate surface area is 152 Å². The van der Waals surface area contributed by atoms with Crippen LogP contribution in [0.25, 0.3) is 0 Å². The van der Waals surface area contributed by atoms with Crippen molar-refractivity contribution < 1.29 is 14.4 Å². The molecule has 2 aromatic rings. The highest BCUT2D eigenvalue weighted by Crippen LogP contribution is 2.23. The fourth-order valence-electron chi connectivity index (χ4n) is 2.83. The van der Waals surface area contributed by atoms with Crippen LogP contribution in [-0.2, 0) is 9.59 Å². The molecule has 0 bridgehead atoms. The minimum absolute atomic E-state index is 0.124. The van der Waals surface area contributed by atoms with Crippen molar-refractivity contribution in [1.29, 1.82) is 0 Å². The normalized spacial score (nSPS) is 14.8. The molecule has 26 heavy (non-hydrogen) atoms. The number of carbonyl (C=O) groups is 3. The van der Waals surface area contributed by atoms with Gasteiger partial charge >= 0.3 is 0 Å². The average Bonchev–Trinajstić information content (AvgIpc) is 3.09. The van der Waals surface area contributed by atoms with Crippen molar-refractivity contribution in [2.75, 3.05) is 16.8 Å². The van der Waals surface area contributed by atoms with E-state index < -0.39 is 6.04 Å². The second-order valence-electron chi connectivity index (χ2n) is 6.25. The van der Waals surface area contributed by atoms with E-state index in [4.69, 9.17) is 0 Å². The Hall–Kier alpha value is -3.15. The molecule has 2 aromatic carbocycles. The Balaban J connectivity index is 1.57. The van der Waals surface area contributed by atoms with Crippen molar-refractivity contribution in [2.45, 2.75) is 25.8 Å². The zero-order valence-corrected chi connectivity index (χ0v) is 14.6. The Morgan fingerprint density at radius 1 is 1.04 bits per heavy atom. The topological polar surface area (TPSA) is 78.5 Å². The minimum Gasteiger partial charge on any atom is -0.341 e. The lowest BCUT2D eigenvalue weighted by atomic mass is 10.2. The van der Waals surface area contributed by atoms with Crippen molar-refractivity contribution in [3.05, 3.63) is 60.2 Å². The van der Waals surface area contributed by atoms with Crippen molar-refractivity contribution in [2.24, 2.45) is 0 Å². The molecule has 134 valence electrons. The summed E-state index contributed by atoms with van der Waals surface area (Å²) < 4.78 is 0. The van der Waals surface area contributed by atoms with Gasteiger partial charge in [0.1, 0.15) is 6.04 Å². The van der Waals surface area contributed by atoms with Crippen LogP contribution in [0.3, 0.4) is 0 Å². The molecule has 6 heteroatoms. The van der Waals surface area contributed by atoms with Crippen LogP contribution in [0, 0.1) is 0 Å². The molecule has 1 atom stereocenters. The number of rotatable bonds is 5. The van der Waals surface area contributed by atoms with Gasteiger partial charge in [0.25, 0.3) is 5.91 Å². The number of nitrogens with zero attached hydrogens (tertiary/aromatic N) is 1. The van der Waals surface area contributed by atoms with E-state index in [0.29, 0.717) is 17.7 Å². The van der Waals surface area contributed by atoms with Gasteiger partial charge in [-0.3, -0.25) is 14.4 Å². The number of amides is 3. The Bertz CT molecular complexity index is 803. The first kappa shape index (κ1) is 17.7. The van der Waals surface area contributed by atoms with Gasteiger partial charge in [-0.25, -0.2) is 0 Å². The first-order valence-electron chi connectivity index (χ1n) is 8.62. The van der Waals surface area contributed by atoms with Gasteiger partial charge < -0.3 is 15.5 Å². The molecule has 1 aliphatic heterocycles. The number of carbonyl (C=O) groups excluding carboxylic acids is 3. The molecule has 3 amide bonds. The zero-order chi connectivity index (χ0) is 18.5. The van der Waals surface area contributed by atoms with Crippen molar-refractivity contribution in [1.82, 2.24) is 5.32 Å². The molecule has 0 saturated carbocycles. The van der Waals surface area contributed by atoms with Crippen LogP contribution in [0.1, 0.15) is 30.1 Å². The molecule has 1 saturated heterocycles. The second kappa shape index (κ2) is 7.82. The number of benzene rings is 2. The summed E-state index contributed by atoms with van der Waals surface area (Å²) in [5.74, 6) is -0.477. The fourth-order valence-corrected chi connectivity index (χ4v) is 2.83. The van der Waals surface area contributed by atoms with E-state index in [-0.39, 0.29) is 17.7 Å². The van der Waals surface area contributed by atoms with Crippen LogP contribution < -0.4 is 15.5 Å². The maximum atomic E-state index is 12.3. The van der Waals surface area contributed by atoms with Gasteiger partial charge in [0, 0.05) is 29.9 Å². The maximum Gasteiger partial charge on any atom is 0.251 e. The molecular formula is C20H21N3O3. The van der Waals surface area contributed by atoms with E-state index in [1.165, 1.54) is 0 Å². The Kier molecular flexibility index (Phi) is 5.31. The number of anilines is 2. The van der Waals surface area contributed by atoms with E-state index in [2.05, 4.69) is 10.6 Å². The standard InChI is InChI=1S/C20H21N3O3/c1-14(21-20(26)15-6-3-2-4-7-15)19(25)22-16-9-11-17(12-10-16)23-13-5-8-18(23)24/h2-4,6-7,9-12,14H,5,8,13H2,1H3,(H,21,26)(H,22,25). The zero-order valence-electron chi connectivity index (χ0n) is 14.6. The molecule has 6 nitrogen and oxygen atoms in total. The molecule has 0 aliphatic carbocycles. The summed E-state index contributed by atoms with van der Waals surface area (Å²) >= 11 is 0. The predicted octanol–water partition coefficient (Wildman–Crippen LogP) is 2.57. The van der Waals surface area contributed by atoms with Crippen molar-refractivity contribution in [3.8, 4) is 0 Å². The third kappa shape index (κ3) is 4.08. The summed E-state index contributed by atoms with van der Waals surface area (Å²) in [6, 6.07) is 15.2. The largest absolute Gasteiger partial charge is 0.341 e. The third-order valence-electron chi connectivity index (χ3n) is 4.30. The lowest BCUT2D eigenvalue weighted by Gasteiger charge is -2.17. The molecule has 0 spiro atoms. The highest BCUT2D eigenvalue weighted by atomic mass is 16.2. The van der Waals surface area contributed by atoms with Gasteiger partial charge in [0.15, 0.2) is 0 Å². The predicted molar refractivity (Wildman–Crippen MR) is 100 cm³/mol. The first-order valence-corrected chi connectivity index (χ1v) is 8.62. The molecule has 2 N–H and O–H groups in total. The number of hydrogen-bond donors (Lipinski definition) is 2. The molecule has 1 fully saturated rings. The molecule has 1 aliphatic rings. The van der Waals surface area contributed by atoms with E-state index in [0.717, 1.165) is 18.7 Å². The summed E-state index contributed by atoms with van der Waals surface area (Å²) in [4.78, 5) is 37.9. The van der Waals surface area contributed by atoms with Gasteiger partial charge in [0.2, 0.25) is 11.8 Å². The minimum atomic E-state index is -0.678. The smallest absolute Gasteiger partial charge is 0.251 e. The van der Waals surface area contributed by atoms with Crippen molar-refractivity contribution in [3.63, 3.8) is 0 Å². The molecule has 0 radical (unpaired) electrons. The summed E-state index contributed by atoms with van der Waals surface area (Å²) in [5, 5.41) is 5.44. The van der Waals surface area contributed by atoms with Gasteiger partial charge in [-0.05, 0) is 49.7 Å². The van der Waals surface area contributed by atoms with Crippen LogP contribution in [0.2, 0.25) is 0 Å². The molecular weight excluding hydrogens is 330 g/mol. The van der Waals surface area contributed by atoms with Gasteiger partial charge in [0.05, 0.1) is 0 Å². The molecule has 3 rings (SSSR count). The monoisotopic (exact) mass is 351 g/mol. The molecule has 1 unspecified atom stereocenters. The van der Waals surface area contributed by atoms with Crippen LogP contribution >= 0.6 is 0 Å². The average molecular weight is 351 g/mol. The molecule has 0 aromatic heterocycles. The SMILES string of the molecule is CC(NC(=O)c1ccccc1)C(=O)Nc1ccc(N2CCCC2=O)cc1. The molecule has 1 heterocycles. The summed E-state index contributed by atoms with van der Waals surface area (Å²) in [6.07, 6.45) is 1.45. The third-order valence-corrected chi connectivity index (χ3v) is 4.30. The van der Waals surface area contributed by atoms with Crippen LogP contribution in [0.4, 0.5) is 11.4 Å². The van der Waals surface area contributed by atoms with Gasteiger partial charge in [-0.1, -0.05) is 18.2 Å². The first-order chi connectivity index (χ1) is 12.5. The Morgan fingerprint density at radius 2 is 1.73 bits per heavy atom. The van der Waals surface area contributed by atoms with E-state index in [1.54, 1.807) is 48.2 Å². The number of nitrogens with one attached hydrogen (secondary N) is 2. The van der Waals surface area contributed by atoms with Gasteiger partial charge in [-0.2, -0.15) is 0 Å². The number of hydrogen-bond acceptors (Lipinski definition) is 3. The quantitative estimate of drug-likeness (QED) is 0.869. The second-order valence-corrected chi connectivity index (χ2v) is 6.25. The summed E-state index contributed by atoms with van der Waals surface area (Å²) in [7, 11) is 0. The van der Waals surface area contributed by atoms with Crippen LogP contribution in [0.5, 0.6) is 0 Å². The summed E-state index contributed by atoms with van der Waals surface area (Å²) in [6.45, 7) is 2.36. The van der Waals surface area contributed by atoms with Crippen LogP contribution in [0.15, 0.2) is 54.6 Å². The van der Waals surface area contributed by atoms with E-state index in [1.807, 2.05) is 18.2 Å². The lowest BCUT2D eigenvalue weighted by Crippen LogP contribution is -2.41. The fraction of sp³-hybridized carbons (Fsp3) is 0.250. The van der Waals surface area contributed by atoms with Gasteiger partial charge in [-0.15, -0.1) is 0 Å². The highest BCUT2D eigenvalue weighted by Gasteiger charge is 2.21. The summed E-state index contributed by atoms with van der Waals surface area (Å²) in [5.41, 5.74) is 1.95. The van der Waals surface area contributed by atoms with E-state index >= 15 is 0 Å². The van der Waals surface area contributed by atoms with E-state index in [9.17, 15) is 14.4 Å².